The summed E-state index contributed by atoms with van der Waals surface area (Å²) in [5.41, 5.74) is -1.29. The maximum Gasteiger partial charge on any atom is 0.333 e. The van der Waals surface area contributed by atoms with Crippen molar-refractivity contribution in [3.05, 3.63) is 26.5 Å². The highest BCUT2D eigenvalue weighted by Crippen LogP contribution is 2.06. The summed E-state index contributed by atoms with van der Waals surface area (Å²) in [4.78, 5) is 35.6. The Morgan fingerprint density at radius 2 is 1.95 bits per heavy atom. The zero-order valence-electron chi connectivity index (χ0n) is 13.1. The summed E-state index contributed by atoms with van der Waals surface area (Å²) in [6, 6.07) is 0. The summed E-state index contributed by atoms with van der Waals surface area (Å²) in [5, 5.41) is 6.90. The maximum absolute atomic E-state index is 11.9. The van der Waals surface area contributed by atoms with Gasteiger partial charge in [0.05, 0.1) is 0 Å². The highest BCUT2D eigenvalue weighted by atomic mass is 16.2. The Kier molecular flexibility index (Phi) is 5.91. The van der Waals surface area contributed by atoms with Crippen LogP contribution in [0.3, 0.4) is 0 Å². The Bertz CT molecular complexity index is 633. The maximum atomic E-state index is 11.9. The average Bonchev–Trinajstić information content (AvgIpc) is 2.96. The van der Waals surface area contributed by atoms with Gasteiger partial charge in [-0.2, -0.15) is 5.10 Å². The lowest BCUT2D eigenvalue weighted by molar-refractivity contribution is -0.121. The number of amides is 1. The second kappa shape index (κ2) is 7.91. The van der Waals surface area contributed by atoms with Crippen LogP contribution < -0.4 is 16.4 Å². The summed E-state index contributed by atoms with van der Waals surface area (Å²) < 4.78 is 2.40. The summed E-state index contributed by atoms with van der Waals surface area (Å²) in [7, 11) is 0. The lowest BCUT2D eigenvalue weighted by Gasteiger charge is -2.08. The van der Waals surface area contributed by atoms with Gasteiger partial charge in [0.2, 0.25) is 5.91 Å². The van der Waals surface area contributed by atoms with Crippen molar-refractivity contribution in [1.82, 2.24) is 19.7 Å². The second-order valence-electron chi connectivity index (χ2n) is 5.70. The van der Waals surface area contributed by atoms with Gasteiger partial charge in [0.15, 0.2) is 0 Å². The first-order valence-electron chi connectivity index (χ1n) is 8.11. The number of unbranched alkanes of at least 4 members (excludes halogenated alkanes) is 4. The molecule has 2 heterocycles. The molecule has 0 saturated carbocycles. The molecule has 1 aromatic heterocycles. The molecule has 0 atom stereocenters. The van der Waals surface area contributed by atoms with E-state index in [1.54, 1.807) is 0 Å². The van der Waals surface area contributed by atoms with Crippen LogP contribution in [0.4, 0.5) is 0 Å². The van der Waals surface area contributed by atoms with Gasteiger partial charge in [-0.15, -0.1) is 0 Å². The molecule has 22 heavy (non-hydrogen) atoms. The molecule has 1 aromatic rings. The molecular weight excluding hydrogens is 284 g/mol. The molecule has 0 spiro atoms. The monoisotopic (exact) mass is 308 g/mol. The topological polar surface area (TPSA) is 86.0 Å². The van der Waals surface area contributed by atoms with E-state index >= 15 is 0 Å². The second-order valence-corrected chi connectivity index (χ2v) is 5.70. The van der Waals surface area contributed by atoms with E-state index in [1.807, 2.05) is 0 Å². The molecule has 0 saturated heterocycles. The third-order valence-corrected chi connectivity index (χ3v) is 3.89. The smallest absolute Gasteiger partial charge is 0.333 e. The van der Waals surface area contributed by atoms with Crippen molar-refractivity contribution in [2.24, 2.45) is 0 Å². The van der Waals surface area contributed by atoms with Crippen molar-refractivity contribution in [1.29, 1.82) is 0 Å². The van der Waals surface area contributed by atoms with Crippen LogP contribution in [0.25, 0.3) is 0 Å². The van der Waals surface area contributed by atoms with Gasteiger partial charge in [0.1, 0.15) is 12.4 Å². The number of aryl methyl sites for hydroxylation is 1. The highest BCUT2D eigenvalue weighted by molar-refractivity contribution is 5.75. The first kappa shape index (κ1) is 16.5. The molecule has 1 aliphatic rings. The molecule has 0 fully saturated rings. The number of rotatable bonds is 8. The fourth-order valence-electron chi connectivity index (χ4n) is 2.65. The first-order valence-corrected chi connectivity index (χ1v) is 8.11. The predicted octanol–water partition coefficient (Wildman–Crippen LogP) is 0.438. The standard InChI is InChI=1S/C15H24N4O3/c1-2-3-4-5-6-9-16-13(20)11-19-15(22)14(21)18-10-7-8-12(18)17-19/h2-11H2,1H3,(H,16,20). The zero-order chi connectivity index (χ0) is 15.9. The van der Waals surface area contributed by atoms with Crippen LogP contribution in [0.15, 0.2) is 9.59 Å². The normalized spacial score (nSPS) is 13.1. The molecule has 0 aliphatic carbocycles. The third kappa shape index (κ3) is 4.05. The summed E-state index contributed by atoms with van der Waals surface area (Å²) >= 11 is 0. The Balaban J connectivity index is 1.86. The predicted molar refractivity (Wildman–Crippen MR) is 82.8 cm³/mol. The minimum atomic E-state index is -0.719. The van der Waals surface area contributed by atoms with E-state index in [0.717, 1.165) is 23.9 Å². The van der Waals surface area contributed by atoms with Crippen molar-refractivity contribution >= 4 is 5.91 Å². The summed E-state index contributed by atoms with van der Waals surface area (Å²) in [5.74, 6) is 0.324. The minimum absolute atomic E-state index is 0.184. The number of carbonyl (C=O) groups is 1. The van der Waals surface area contributed by atoms with Crippen LogP contribution in [0.1, 0.15) is 51.3 Å². The van der Waals surface area contributed by atoms with Gasteiger partial charge in [-0.3, -0.25) is 19.0 Å². The van der Waals surface area contributed by atoms with Crippen molar-refractivity contribution in [3.8, 4) is 0 Å². The average molecular weight is 308 g/mol. The first-order chi connectivity index (χ1) is 10.6. The lowest BCUT2D eigenvalue weighted by atomic mass is 10.1. The molecule has 7 heteroatoms. The van der Waals surface area contributed by atoms with Crippen LogP contribution >= 0.6 is 0 Å². The molecule has 0 unspecified atom stereocenters. The zero-order valence-corrected chi connectivity index (χ0v) is 13.1. The van der Waals surface area contributed by atoms with E-state index in [1.165, 1.54) is 23.8 Å². The minimum Gasteiger partial charge on any atom is -0.354 e. The molecule has 2 rings (SSSR count). The molecule has 0 aromatic carbocycles. The van der Waals surface area contributed by atoms with Crippen LogP contribution in [0, 0.1) is 0 Å². The van der Waals surface area contributed by atoms with E-state index in [-0.39, 0.29) is 12.5 Å². The van der Waals surface area contributed by atoms with Crippen LogP contribution in [0.2, 0.25) is 0 Å². The van der Waals surface area contributed by atoms with Crippen LogP contribution in [-0.4, -0.2) is 26.8 Å². The molecule has 7 nitrogen and oxygen atoms in total. The van der Waals surface area contributed by atoms with Crippen molar-refractivity contribution in [2.75, 3.05) is 6.54 Å². The van der Waals surface area contributed by atoms with E-state index in [0.29, 0.717) is 25.3 Å². The largest absolute Gasteiger partial charge is 0.354 e. The van der Waals surface area contributed by atoms with Gasteiger partial charge in [0, 0.05) is 19.5 Å². The van der Waals surface area contributed by atoms with Gasteiger partial charge in [-0.05, 0) is 12.8 Å². The van der Waals surface area contributed by atoms with Gasteiger partial charge < -0.3 is 5.32 Å². The van der Waals surface area contributed by atoms with Crippen molar-refractivity contribution in [3.63, 3.8) is 0 Å². The van der Waals surface area contributed by atoms with E-state index in [9.17, 15) is 14.4 Å². The van der Waals surface area contributed by atoms with Crippen LogP contribution in [0.5, 0.6) is 0 Å². The summed E-state index contributed by atoms with van der Waals surface area (Å²) in [6.07, 6.45) is 7.09. The molecule has 122 valence electrons. The fourth-order valence-corrected chi connectivity index (χ4v) is 2.65. The number of fused-ring (bicyclic) bond motifs is 1. The SMILES string of the molecule is CCCCCCCNC(=O)Cn1nc2n(c(=O)c1=O)CCC2. The fraction of sp³-hybridized carbons (Fsp3) is 0.733. The summed E-state index contributed by atoms with van der Waals surface area (Å²) in [6.45, 7) is 3.12. The molecular formula is C15H24N4O3. The quantitative estimate of drug-likeness (QED) is 0.557. The molecule has 0 radical (unpaired) electrons. The Hall–Kier alpha value is -1.92. The number of nitrogens with one attached hydrogen (secondary N) is 1. The number of nitrogens with zero attached hydrogens (tertiary/aromatic N) is 3. The molecule has 1 N–H and O–H groups in total. The molecule has 1 aliphatic heterocycles. The Labute approximate surface area is 129 Å². The number of carbonyl (C=O) groups excluding carboxylic acids is 1. The molecule has 1 amide bonds. The Morgan fingerprint density at radius 1 is 1.18 bits per heavy atom. The van der Waals surface area contributed by atoms with Crippen molar-refractivity contribution < 1.29 is 4.79 Å². The molecule has 0 bridgehead atoms. The van der Waals surface area contributed by atoms with E-state index < -0.39 is 11.1 Å². The lowest BCUT2D eigenvalue weighted by Crippen LogP contribution is -2.45. The number of hydrogen-bond donors (Lipinski definition) is 1. The van der Waals surface area contributed by atoms with Gasteiger partial charge in [-0.1, -0.05) is 32.6 Å². The highest BCUT2D eigenvalue weighted by Gasteiger charge is 2.18. The van der Waals surface area contributed by atoms with Gasteiger partial charge in [-0.25, -0.2) is 4.68 Å². The van der Waals surface area contributed by atoms with Crippen LogP contribution in [-0.2, 0) is 24.3 Å². The number of hydrogen-bond acceptors (Lipinski definition) is 4. The van der Waals surface area contributed by atoms with E-state index in [4.69, 9.17) is 0 Å². The number of aromatic nitrogens is 3. The van der Waals surface area contributed by atoms with Gasteiger partial charge in [0.25, 0.3) is 0 Å². The third-order valence-electron chi connectivity index (χ3n) is 3.89. The Morgan fingerprint density at radius 3 is 2.73 bits per heavy atom. The van der Waals surface area contributed by atoms with E-state index in [2.05, 4.69) is 17.3 Å². The van der Waals surface area contributed by atoms with Crippen molar-refractivity contribution in [2.45, 2.75) is 65.0 Å². The van der Waals surface area contributed by atoms with Gasteiger partial charge >= 0.3 is 11.1 Å².